The summed E-state index contributed by atoms with van der Waals surface area (Å²) in [7, 11) is 1.76. The number of hydrogen-bond donors (Lipinski definition) is 0. The fourth-order valence-electron chi connectivity index (χ4n) is 2.72. The topological polar surface area (TPSA) is 9.23 Å². The number of hydrogen-bond acceptors (Lipinski definition) is 1. The van der Waals surface area contributed by atoms with Gasteiger partial charge in [0.2, 0.25) is 0 Å². The van der Waals surface area contributed by atoms with Gasteiger partial charge in [0.05, 0.1) is 7.11 Å². The van der Waals surface area contributed by atoms with Crippen LogP contribution in [0.4, 0.5) is 0 Å². The van der Waals surface area contributed by atoms with Gasteiger partial charge in [-0.15, -0.1) is 0 Å². The van der Waals surface area contributed by atoms with E-state index in [1.165, 1.54) is 30.4 Å². The van der Waals surface area contributed by atoms with Gasteiger partial charge in [0.1, 0.15) is 5.75 Å². The lowest BCUT2D eigenvalue weighted by atomic mass is 9.82. The zero-order valence-corrected chi connectivity index (χ0v) is 10.8. The summed E-state index contributed by atoms with van der Waals surface area (Å²) >= 11 is 0. The van der Waals surface area contributed by atoms with E-state index < -0.39 is 0 Å². The highest BCUT2D eigenvalue weighted by molar-refractivity contribution is 5.42. The molecule has 0 heterocycles. The first-order valence-electron chi connectivity index (χ1n) is 6.29. The van der Waals surface area contributed by atoms with Crippen LogP contribution in [0.3, 0.4) is 0 Å². The maximum absolute atomic E-state index is 5.42. The molecule has 1 aromatic carbocycles. The summed E-state index contributed by atoms with van der Waals surface area (Å²) in [6.45, 7) is 6.76. The molecule has 1 aliphatic rings. The molecule has 0 N–H and O–H groups in total. The predicted molar refractivity (Wildman–Crippen MR) is 68.1 cm³/mol. The van der Waals surface area contributed by atoms with Gasteiger partial charge >= 0.3 is 0 Å². The molecule has 2 rings (SSSR count). The van der Waals surface area contributed by atoms with Gasteiger partial charge in [0.25, 0.3) is 0 Å². The van der Waals surface area contributed by atoms with Gasteiger partial charge in [-0.05, 0) is 48.3 Å². The first-order chi connectivity index (χ1) is 7.64. The van der Waals surface area contributed by atoms with Crippen molar-refractivity contribution in [2.24, 2.45) is 5.92 Å². The summed E-state index contributed by atoms with van der Waals surface area (Å²) in [6, 6.07) is 6.72. The molecule has 0 radical (unpaired) electrons. The van der Waals surface area contributed by atoms with E-state index in [2.05, 4.69) is 39.0 Å². The maximum Gasteiger partial charge on any atom is 0.122 e. The molecule has 16 heavy (non-hydrogen) atoms. The van der Waals surface area contributed by atoms with Crippen LogP contribution in [0.2, 0.25) is 0 Å². The first kappa shape index (κ1) is 11.5. The third-order valence-corrected chi connectivity index (χ3v) is 4.33. The summed E-state index contributed by atoms with van der Waals surface area (Å²) in [5.74, 6) is 1.81. The smallest absolute Gasteiger partial charge is 0.122 e. The molecule has 1 aliphatic carbocycles. The van der Waals surface area contributed by atoms with E-state index in [0.29, 0.717) is 5.41 Å². The van der Waals surface area contributed by atoms with Crippen LogP contribution in [-0.4, -0.2) is 7.11 Å². The van der Waals surface area contributed by atoms with E-state index in [1.54, 1.807) is 7.11 Å². The number of rotatable bonds is 4. The summed E-state index contributed by atoms with van der Waals surface area (Å²) in [4.78, 5) is 0. The van der Waals surface area contributed by atoms with Crippen molar-refractivity contribution in [3.63, 3.8) is 0 Å². The highest BCUT2D eigenvalue weighted by atomic mass is 16.5. The predicted octanol–water partition coefficient (Wildman–Crippen LogP) is 4.08. The van der Waals surface area contributed by atoms with Crippen LogP contribution < -0.4 is 4.74 Å². The Bertz CT molecular complexity index is 377. The molecule has 88 valence electrons. The second-order valence-electron chi connectivity index (χ2n) is 5.15. The minimum absolute atomic E-state index is 0.454. The Morgan fingerprint density at radius 3 is 2.56 bits per heavy atom. The first-order valence-corrected chi connectivity index (χ1v) is 6.29. The molecule has 1 fully saturated rings. The number of benzene rings is 1. The largest absolute Gasteiger partial charge is 0.496 e. The Morgan fingerprint density at radius 2 is 2.06 bits per heavy atom. The normalized spacial score (nSPS) is 19.2. The van der Waals surface area contributed by atoms with Crippen LogP contribution in [0, 0.1) is 12.8 Å². The van der Waals surface area contributed by atoms with Gasteiger partial charge in [0.15, 0.2) is 0 Å². The number of aryl methyl sites for hydroxylation is 1. The Balaban J connectivity index is 2.34. The molecule has 0 bridgehead atoms. The van der Waals surface area contributed by atoms with Gasteiger partial charge in [-0.2, -0.15) is 0 Å². The molecule has 1 heteroatoms. The van der Waals surface area contributed by atoms with E-state index >= 15 is 0 Å². The van der Waals surface area contributed by atoms with Gasteiger partial charge in [-0.25, -0.2) is 0 Å². The molecule has 0 amide bonds. The van der Waals surface area contributed by atoms with Crippen molar-refractivity contribution in [2.75, 3.05) is 7.11 Å². The molecule has 0 saturated heterocycles. The lowest BCUT2D eigenvalue weighted by Gasteiger charge is -2.23. The van der Waals surface area contributed by atoms with Crippen molar-refractivity contribution in [1.29, 1.82) is 0 Å². The third-order valence-electron chi connectivity index (χ3n) is 4.33. The minimum Gasteiger partial charge on any atom is -0.496 e. The van der Waals surface area contributed by atoms with Crippen LogP contribution in [0.5, 0.6) is 5.75 Å². The van der Waals surface area contributed by atoms with Crippen LogP contribution in [0.15, 0.2) is 18.2 Å². The van der Waals surface area contributed by atoms with Crippen molar-refractivity contribution in [3.8, 4) is 5.75 Å². The fraction of sp³-hybridized carbons (Fsp3) is 0.600. The van der Waals surface area contributed by atoms with Crippen LogP contribution in [0.1, 0.15) is 44.2 Å². The number of methoxy groups -OCH3 is 1. The molecular formula is C15H22O. The Labute approximate surface area is 98.8 Å². The van der Waals surface area contributed by atoms with Gasteiger partial charge in [0, 0.05) is 0 Å². The molecule has 1 nitrogen and oxygen atoms in total. The van der Waals surface area contributed by atoms with Gasteiger partial charge in [-0.1, -0.05) is 32.4 Å². The Morgan fingerprint density at radius 1 is 1.38 bits per heavy atom. The number of ether oxygens (including phenoxy) is 1. The lowest BCUT2D eigenvalue weighted by Crippen LogP contribution is -2.17. The molecular weight excluding hydrogens is 196 g/mol. The molecule has 1 aromatic rings. The SMILES string of the molecule is CCC(C)C1(c2ccc(C)c(OC)c2)CC1. The van der Waals surface area contributed by atoms with Crippen molar-refractivity contribution >= 4 is 0 Å². The summed E-state index contributed by atoms with van der Waals surface area (Å²) < 4.78 is 5.42. The van der Waals surface area contributed by atoms with Gasteiger partial charge in [-0.3, -0.25) is 0 Å². The summed E-state index contributed by atoms with van der Waals surface area (Å²) in [6.07, 6.45) is 3.94. The second kappa shape index (κ2) is 4.12. The van der Waals surface area contributed by atoms with Crippen LogP contribution in [-0.2, 0) is 5.41 Å². The second-order valence-corrected chi connectivity index (χ2v) is 5.15. The van der Waals surface area contributed by atoms with E-state index in [4.69, 9.17) is 4.74 Å². The molecule has 0 aromatic heterocycles. The minimum atomic E-state index is 0.454. The third kappa shape index (κ3) is 1.73. The zero-order valence-electron chi connectivity index (χ0n) is 10.8. The van der Waals surface area contributed by atoms with Crippen LogP contribution in [0.25, 0.3) is 0 Å². The molecule has 0 aliphatic heterocycles. The maximum atomic E-state index is 5.42. The molecule has 1 atom stereocenters. The quantitative estimate of drug-likeness (QED) is 0.740. The van der Waals surface area contributed by atoms with Crippen molar-refractivity contribution in [1.82, 2.24) is 0 Å². The van der Waals surface area contributed by atoms with Gasteiger partial charge < -0.3 is 4.74 Å². The zero-order chi connectivity index (χ0) is 11.8. The molecule has 0 spiro atoms. The average molecular weight is 218 g/mol. The van der Waals surface area contributed by atoms with E-state index in [9.17, 15) is 0 Å². The summed E-state index contributed by atoms with van der Waals surface area (Å²) in [5.41, 5.74) is 3.16. The van der Waals surface area contributed by atoms with E-state index in [1.807, 2.05) is 0 Å². The Hall–Kier alpha value is -0.980. The monoisotopic (exact) mass is 218 g/mol. The van der Waals surface area contributed by atoms with Crippen molar-refractivity contribution < 1.29 is 4.74 Å². The van der Waals surface area contributed by atoms with Crippen molar-refractivity contribution in [2.45, 2.75) is 45.4 Å². The highest BCUT2D eigenvalue weighted by Gasteiger charge is 2.47. The fourth-order valence-corrected chi connectivity index (χ4v) is 2.72. The average Bonchev–Trinajstić information content (AvgIpc) is 3.10. The standard InChI is InChI=1S/C15H22O/c1-5-12(3)15(8-9-15)13-7-6-11(2)14(10-13)16-4/h6-7,10,12H,5,8-9H2,1-4H3. The van der Waals surface area contributed by atoms with E-state index in [-0.39, 0.29) is 0 Å². The molecule has 1 unspecified atom stereocenters. The highest BCUT2D eigenvalue weighted by Crippen LogP contribution is 2.55. The molecule has 1 saturated carbocycles. The van der Waals surface area contributed by atoms with Crippen molar-refractivity contribution in [3.05, 3.63) is 29.3 Å². The lowest BCUT2D eigenvalue weighted by molar-refractivity contribution is 0.402. The van der Waals surface area contributed by atoms with Crippen LogP contribution >= 0.6 is 0 Å². The van der Waals surface area contributed by atoms with E-state index in [0.717, 1.165) is 11.7 Å². The summed E-state index contributed by atoms with van der Waals surface area (Å²) in [5, 5.41) is 0. The Kier molecular flexibility index (Phi) is 2.96.